The SMILES string of the molecule is C[C@H]1C(=O)O[C@@H]2CCN(C)C/C=C(/COC(=O)[C@@](C)(O)[C@H]1C)C2=O. The van der Waals surface area contributed by atoms with Gasteiger partial charge in [-0.3, -0.25) is 9.59 Å². The summed E-state index contributed by atoms with van der Waals surface area (Å²) in [6.45, 7) is 5.37. The van der Waals surface area contributed by atoms with E-state index in [1.807, 2.05) is 11.9 Å². The van der Waals surface area contributed by atoms with Crippen LogP contribution in [0.2, 0.25) is 0 Å². The topological polar surface area (TPSA) is 93.1 Å². The molecule has 2 aliphatic heterocycles. The molecule has 0 amide bonds. The minimum atomic E-state index is -1.84. The van der Waals surface area contributed by atoms with Gasteiger partial charge in [0.15, 0.2) is 11.7 Å². The molecule has 1 saturated heterocycles. The Labute approximate surface area is 141 Å². The normalized spacial score (nSPS) is 38.8. The van der Waals surface area contributed by atoms with Gasteiger partial charge in [-0.15, -0.1) is 0 Å². The standard InChI is InChI=1S/C17H25NO6/c1-10-11(2)17(3,22)16(21)23-9-12-5-7-18(4)8-6-13(14(12)19)24-15(10)20/h5,10-11,13,22H,6-9H2,1-4H3/b12-5-/t10-,11+,13-,17+/m1/s1. The van der Waals surface area contributed by atoms with E-state index in [4.69, 9.17) is 9.47 Å². The van der Waals surface area contributed by atoms with Crippen LogP contribution in [0, 0.1) is 11.8 Å². The van der Waals surface area contributed by atoms with Gasteiger partial charge in [0.1, 0.15) is 6.61 Å². The molecular formula is C17H25NO6. The molecule has 0 spiro atoms. The van der Waals surface area contributed by atoms with Crippen molar-refractivity contribution in [2.45, 2.75) is 38.9 Å². The average Bonchev–Trinajstić information content (AvgIpc) is 2.54. The molecule has 2 heterocycles. The summed E-state index contributed by atoms with van der Waals surface area (Å²) in [5, 5.41) is 10.5. The maximum Gasteiger partial charge on any atom is 0.338 e. The van der Waals surface area contributed by atoms with Gasteiger partial charge in [-0.05, 0) is 14.0 Å². The first-order valence-electron chi connectivity index (χ1n) is 8.16. The van der Waals surface area contributed by atoms with E-state index in [1.165, 1.54) is 6.92 Å². The van der Waals surface area contributed by atoms with Crippen LogP contribution in [0.1, 0.15) is 27.2 Å². The van der Waals surface area contributed by atoms with Gasteiger partial charge in [0.2, 0.25) is 5.78 Å². The van der Waals surface area contributed by atoms with E-state index in [2.05, 4.69) is 0 Å². The summed E-state index contributed by atoms with van der Waals surface area (Å²) in [7, 11) is 1.89. The third kappa shape index (κ3) is 3.67. The first-order valence-corrected chi connectivity index (χ1v) is 8.16. The van der Waals surface area contributed by atoms with Gasteiger partial charge in [-0.25, -0.2) is 4.79 Å². The fraction of sp³-hybridized carbons (Fsp3) is 0.706. The summed E-state index contributed by atoms with van der Waals surface area (Å²) < 4.78 is 10.6. The van der Waals surface area contributed by atoms with Crippen molar-refractivity contribution in [2.24, 2.45) is 11.8 Å². The lowest BCUT2D eigenvalue weighted by Crippen LogP contribution is -2.47. The largest absolute Gasteiger partial charge is 0.459 e. The number of rotatable bonds is 0. The van der Waals surface area contributed by atoms with Crippen molar-refractivity contribution in [3.63, 3.8) is 0 Å². The first-order chi connectivity index (χ1) is 11.1. The van der Waals surface area contributed by atoms with E-state index in [1.54, 1.807) is 19.9 Å². The fourth-order valence-corrected chi connectivity index (χ4v) is 2.79. The molecule has 2 rings (SSSR count). The number of Topliss-reactive ketones (excluding diaryl/α,β-unsaturated/α-hetero) is 1. The van der Waals surface area contributed by atoms with Crippen LogP contribution in [-0.2, 0) is 23.9 Å². The van der Waals surface area contributed by atoms with E-state index in [-0.39, 0.29) is 18.0 Å². The Balaban J connectivity index is 2.40. The number of likely N-dealkylation sites (N-methyl/N-ethyl adjacent to an activating group) is 1. The molecule has 4 atom stereocenters. The monoisotopic (exact) mass is 339 g/mol. The minimum Gasteiger partial charge on any atom is -0.459 e. The van der Waals surface area contributed by atoms with Crippen molar-refractivity contribution in [1.29, 1.82) is 0 Å². The zero-order valence-electron chi connectivity index (χ0n) is 14.6. The summed E-state index contributed by atoms with van der Waals surface area (Å²) in [4.78, 5) is 39.2. The molecule has 0 radical (unpaired) electrons. The number of esters is 2. The molecule has 1 N–H and O–H groups in total. The molecule has 0 aromatic rings. The highest BCUT2D eigenvalue weighted by molar-refractivity contribution is 6.00. The summed E-state index contributed by atoms with van der Waals surface area (Å²) in [5.41, 5.74) is -1.56. The molecule has 0 aromatic heterocycles. The molecule has 134 valence electrons. The number of hydrogen-bond donors (Lipinski definition) is 1. The van der Waals surface area contributed by atoms with Crippen molar-refractivity contribution in [1.82, 2.24) is 4.90 Å². The van der Waals surface area contributed by atoms with Crippen LogP contribution in [0.3, 0.4) is 0 Å². The lowest BCUT2D eigenvalue weighted by molar-refractivity contribution is -0.173. The van der Waals surface area contributed by atoms with Crippen molar-refractivity contribution in [3.05, 3.63) is 11.6 Å². The Hall–Kier alpha value is -1.73. The maximum absolute atomic E-state index is 12.6. The Morgan fingerprint density at radius 3 is 2.62 bits per heavy atom. The molecule has 0 saturated carbocycles. The third-order valence-electron chi connectivity index (χ3n) is 5.07. The zero-order valence-corrected chi connectivity index (χ0v) is 14.6. The minimum absolute atomic E-state index is 0.239. The summed E-state index contributed by atoms with van der Waals surface area (Å²) in [6.07, 6.45) is 1.15. The van der Waals surface area contributed by atoms with Gasteiger partial charge in [0.25, 0.3) is 0 Å². The summed E-state index contributed by atoms with van der Waals surface area (Å²) >= 11 is 0. The number of aliphatic hydroxyl groups is 1. The molecule has 0 aromatic carbocycles. The van der Waals surface area contributed by atoms with Crippen molar-refractivity contribution >= 4 is 17.7 Å². The molecule has 0 aliphatic carbocycles. The van der Waals surface area contributed by atoms with Crippen LogP contribution < -0.4 is 0 Å². The van der Waals surface area contributed by atoms with Crippen molar-refractivity contribution in [3.8, 4) is 0 Å². The highest BCUT2D eigenvalue weighted by Gasteiger charge is 2.45. The predicted molar refractivity (Wildman–Crippen MR) is 85.0 cm³/mol. The smallest absolute Gasteiger partial charge is 0.338 e. The second-order valence-electron chi connectivity index (χ2n) is 6.87. The molecule has 7 nitrogen and oxygen atoms in total. The van der Waals surface area contributed by atoms with E-state index >= 15 is 0 Å². The first kappa shape index (κ1) is 18.6. The lowest BCUT2D eigenvalue weighted by atomic mass is 9.81. The van der Waals surface area contributed by atoms with E-state index in [0.717, 1.165) is 0 Å². The third-order valence-corrected chi connectivity index (χ3v) is 5.07. The molecule has 1 fully saturated rings. The van der Waals surface area contributed by atoms with Gasteiger partial charge in [0.05, 0.1) is 5.92 Å². The van der Waals surface area contributed by atoms with Crippen molar-refractivity contribution in [2.75, 3.05) is 26.7 Å². The van der Waals surface area contributed by atoms with Gasteiger partial charge in [0, 0.05) is 31.0 Å². The van der Waals surface area contributed by atoms with Crippen LogP contribution in [0.4, 0.5) is 0 Å². The number of fused-ring (bicyclic) bond motifs is 2. The van der Waals surface area contributed by atoms with Gasteiger partial charge < -0.3 is 19.5 Å². The average molecular weight is 339 g/mol. The highest BCUT2D eigenvalue weighted by Crippen LogP contribution is 2.29. The number of nitrogens with zero attached hydrogens (tertiary/aromatic N) is 1. The van der Waals surface area contributed by atoms with E-state index in [9.17, 15) is 19.5 Å². The second kappa shape index (κ2) is 7.03. The maximum atomic E-state index is 12.6. The second-order valence-corrected chi connectivity index (χ2v) is 6.87. The Morgan fingerprint density at radius 2 is 1.96 bits per heavy atom. The number of ketones is 1. The number of cyclic esters (lactones) is 1. The molecule has 24 heavy (non-hydrogen) atoms. The Bertz CT molecular complexity index is 567. The van der Waals surface area contributed by atoms with E-state index < -0.39 is 35.5 Å². The fourth-order valence-electron chi connectivity index (χ4n) is 2.79. The summed E-state index contributed by atoms with van der Waals surface area (Å²) in [5.74, 6) is -3.26. The quantitative estimate of drug-likeness (QED) is 0.635. The molecule has 2 aliphatic rings. The summed E-state index contributed by atoms with van der Waals surface area (Å²) in [6, 6.07) is 0. The van der Waals surface area contributed by atoms with Crippen LogP contribution in [0.25, 0.3) is 0 Å². The van der Waals surface area contributed by atoms with Crippen LogP contribution >= 0.6 is 0 Å². The molecule has 2 bridgehead atoms. The van der Waals surface area contributed by atoms with E-state index in [0.29, 0.717) is 19.5 Å². The molecule has 7 heteroatoms. The number of carbonyl (C=O) groups excluding carboxylic acids is 3. The van der Waals surface area contributed by atoms with Crippen molar-refractivity contribution < 1.29 is 29.0 Å². The highest BCUT2D eigenvalue weighted by atomic mass is 16.6. The Kier molecular flexibility index (Phi) is 5.45. The van der Waals surface area contributed by atoms with Gasteiger partial charge >= 0.3 is 11.9 Å². The number of ether oxygens (including phenoxy) is 2. The zero-order chi connectivity index (χ0) is 18.1. The van der Waals surface area contributed by atoms with Crippen LogP contribution in [-0.4, -0.2) is 66.2 Å². The predicted octanol–water partition coefficient (Wildman–Crippen LogP) is 0.309. The lowest BCUT2D eigenvalue weighted by Gasteiger charge is -2.31. The van der Waals surface area contributed by atoms with Crippen LogP contribution in [0.5, 0.6) is 0 Å². The number of hydrogen-bond acceptors (Lipinski definition) is 7. The van der Waals surface area contributed by atoms with Crippen LogP contribution in [0.15, 0.2) is 11.6 Å². The number of carbonyl (C=O) groups is 3. The molecule has 0 unspecified atom stereocenters. The van der Waals surface area contributed by atoms with Gasteiger partial charge in [-0.2, -0.15) is 0 Å². The molecular weight excluding hydrogens is 314 g/mol. The van der Waals surface area contributed by atoms with Gasteiger partial charge in [-0.1, -0.05) is 19.9 Å². The Morgan fingerprint density at radius 1 is 1.29 bits per heavy atom.